The summed E-state index contributed by atoms with van der Waals surface area (Å²) in [5.74, 6) is 0. The molecule has 0 aliphatic heterocycles. The summed E-state index contributed by atoms with van der Waals surface area (Å²) in [6.45, 7) is 11.5. The third kappa shape index (κ3) is 3.76. The first kappa shape index (κ1) is 10.2. The molecule has 0 aromatic heterocycles. The Morgan fingerprint density at radius 3 is 2.45 bits per heavy atom. The Bertz CT molecular complexity index is 166. The van der Waals surface area contributed by atoms with E-state index in [1.165, 1.54) is 12.0 Å². The first-order valence-electron chi connectivity index (χ1n) is 4.11. The van der Waals surface area contributed by atoms with Crippen molar-refractivity contribution in [2.24, 2.45) is 4.99 Å². The van der Waals surface area contributed by atoms with E-state index in [1.807, 2.05) is 0 Å². The minimum Gasteiger partial charge on any atom is -0.265 e. The van der Waals surface area contributed by atoms with Crippen LogP contribution in [0.3, 0.4) is 0 Å². The lowest BCUT2D eigenvalue weighted by Crippen LogP contribution is -1.82. The van der Waals surface area contributed by atoms with Crippen LogP contribution in [0.25, 0.3) is 0 Å². The number of hydrogen-bond acceptors (Lipinski definition) is 1. The normalized spacial score (nSPS) is 11.3. The molecule has 0 aromatic carbocycles. The maximum Gasteiger partial charge on any atom is 0.0579 e. The predicted octanol–water partition coefficient (Wildman–Crippen LogP) is 3.34. The number of rotatable bonds is 5. The molecule has 0 spiro atoms. The Morgan fingerprint density at radius 1 is 1.45 bits per heavy atom. The highest BCUT2D eigenvalue weighted by Crippen LogP contribution is 2.13. The molecule has 0 aliphatic carbocycles. The van der Waals surface area contributed by atoms with E-state index in [9.17, 15) is 0 Å². The Kier molecular flexibility index (Phi) is 5.44. The van der Waals surface area contributed by atoms with Crippen LogP contribution in [-0.4, -0.2) is 6.72 Å². The molecule has 0 radical (unpaired) electrons. The van der Waals surface area contributed by atoms with Gasteiger partial charge in [-0.05, 0) is 25.1 Å². The predicted molar refractivity (Wildman–Crippen MR) is 52.0 cm³/mol. The van der Waals surface area contributed by atoms with Crippen molar-refractivity contribution in [2.45, 2.75) is 33.1 Å². The van der Waals surface area contributed by atoms with E-state index in [0.29, 0.717) is 0 Å². The van der Waals surface area contributed by atoms with Gasteiger partial charge in [-0.25, -0.2) is 0 Å². The topological polar surface area (TPSA) is 12.4 Å². The summed E-state index contributed by atoms with van der Waals surface area (Å²) in [7, 11) is 0. The first-order valence-corrected chi connectivity index (χ1v) is 4.11. The Balaban J connectivity index is 4.14. The van der Waals surface area contributed by atoms with Crippen LogP contribution in [0, 0.1) is 0 Å². The van der Waals surface area contributed by atoms with E-state index in [2.05, 4.69) is 38.2 Å². The van der Waals surface area contributed by atoms with Crippen molar-refractivity contribution in [3.8, 4) is 0 Å². The molecule has 1 heteroatoms. The molecular formula is C10H17N. The van der Waals surface area contributed by atoms with Crippen molar-refractivity contribution in [1.82, 2.24) is 0 Å². The summed E-state index contributed by atoms with van der Waals surface area (Å²) in [6.07, 6.45) is 5.47. The number of aliphatic imine (C=N–C) groups is 1. The number of unbranched alkanes of at least 4 members (excludes halogenated alkanes) is 1. The lowest BCUT2D eigenvalue weighted by atomic mass is 10.1. The number of allylic oxidation sites excluding steroid dienone is 2. The van der Waals surface area contributed by atoms with Gasteiger partial charge in [0.15, 0.2) is 0 Å². The zero-order valence-corrected chi connectivity index (χ0v) is 7.56. The molecule has 0 bridgehead atoms. The highest BCUT2D eigenvalue weighted by atomic mass is 14.7. The summed E-state index contributed by atoms with van der Waals surface area (Å²) in [5, 5.41) is 0. The van der Waals surface area contributed by atoms with E-state index in [0.717, 1.165) is 18.5 Å². The lowest BCUT2D eigenvalue weighted by molar-refractivity contribution is 0.935. The standard InChI is InChI=1S/C10H17N/c1-5-7-8-10(6-2)9(3)11-4/h8H,3-7H2,1-2H3/b10-8-. The molecular weight excluding hydrogens is 134 g/mol. The minimum atomic E-state index is 0.820. The molecule has 0 aliphatic rings. The zero-order valence-electron chi connectivity index (χ0n) is 7.56. The quantitative estimate of drug-likeness (QED) is 0.422. The van der Waals surface area contributed by atoms with Crippen LogP contribution in [0.1, 0.15) is 33.1 Å². The SMILES string of the molecule is C=NC(=C)/C(=C\CCC)CC. The molecule has 62 valence electrons. The lowest BCUT2D eigenvalue weighted by Gasteiger charge is -2.01. The van der Waals surface area contributed by atoms with Gasteiger partial charge in [0, 0.05) is 0 Å². The largest absolute Gasteiger partial charge is 0.265 e. The van der Waals surface area contributed by atoms with Gasteiger partial charge >= 0.3 is 0 Å². The molecule has 0 rings (SSSR count). The fourth-order valence-corrected chi connectivity index (χ4v) is 0.886. The third-order valence-corrected chi connectivity index (χ3v) is 1.62. The second-order valence-corrected chi connectivity index (χ2v) is 2.48. The van der Waals surface area contributed by atoms with Crippen LogP contribution in [0.4, 0.5) is 0 Å². The monoisotopic (exact) mass is 151 g/mol. The summed E-state index contributed by atoms with van der Waals surface area (Å²) < 4.78 is 0. The summed E-state index contributed by atoms with van der Waals surface area (Å²) in [6, 6.07) is 0. The third-order valence-electron chi connectivity index (χ3n) is 1.62. The first-order chi connectivity index (χ1) is 5.26. The van der Waals surface area contributed by atoms with Crippen molar-refractivity contribution in [2.75, 3.05) is 0 Å². The highest BCUT2D eigenvalue weighted by molar-refractivity contribution is 5.36. The molecule has 0 amide bonds. The smallest absolute Gasteiger partial charge is 0.0579 e. The highest BCUT2D eigenvalue weighted by Gasteiger charge is 1.95. The van der Waals surface area contributed by atoms with Gasteiger partial charge in [0.05, 0.1) is 5.70 Å². The van der Waals surface area contributed by atoms with Gasteiger partial charge in [-0.2, -0.15) is 0 Å². The van der Waals surface area contributed by atoms with Crippen molar-refractivity contribution in [3.05, 3.63) is 23.9 Å². The summed E-state index contributed by atoms with van der Waals surface area (Å²) in [5.41, 5.74) is 2.04. The van der Waals surface area contributed by atoms with Gasteiger partial charge < -0.3 is 0 Å². The zero-order chi connectivity index (χ0) is 8.69. The average Bonchev–Trinajstić information content (AvgIpc) is 2.05. The maximum atomic E-state index is 3.80. The molecule has 0 N–H and O–H groups in total. The molecule has 11 heavy (non-hydrogen) atoms. The van der Waals surface area contributed by atoms with Crippen LogP contribution in [0.5, 0.6) is 0 Å². The second-order valence-electron chi connectivity index (χ2n) is 2.48. The van der Waals surface area contributed by atoms with Gasteiger partial charge in [-0.15, -0.1) is 0 Å². The van der Waals surface area contributed by atoms with Crippen LogP contribution < -0.4 is 0 Å². The van der Waals surface area contributed by atoms with Gasteiger partial charge in [-0.1, -0.05) is 32.9 Å². The van der Waals surface area contributed by atoms with Crippen LogP contribution >= 0.6 is 0 Å². The van der Waals surface area contributed by atoms with Crippen molar-refractivity contribution >= 4 is 6.72 Å². The fraction of sp³-hybridized carbons (Fsp3) is 0.500. The van der Waals surface area contributed by atoms with Crippen molar-refractivity contribution < 1.29 is 0 Å². The fourth-order valence-electron chi connectivity index (χ4n) is 0.886. The Morgan fingerprint density at radius 2 is 2.09 bits per heavy atom. The van der Waals surface area contributed by atoms with Gasteiger partial charge in [-0.3, -0.25) is 4.99 Å². The van der Waals surface area contributed by atoms with Gasteiger partial charge in [0.1, 0.15) is 0 Å². The second kappa shape index (κ2) is 5.90. The minimum absolute atomic E-state index is 0.820. The molecule has 0 fully saturated rings. The van der Waals surface area contributed by atoms with Gasteiger partial charge in [0.2, 0.25) is 0 Å². The Hall–Kier alpha value is -0.850. The van der Waals surface area contributed by atoms with E-state index >= 15 is 0 Å². The Labute approximate surface area is 69.5 Å². The molecule has 0 saturated carbocycles. The molecule has 0 unspecified atom stereocenters. The summed E-state index contributed by atoms with van der Waals surface area (Å²) in [4.78, 5) is 3.80. The van der Waals surface area contributed by atoms with E-state index in [-0.39, 0.29) is 0 Å². The molecule has 0 atom stereocenters. The van der Waals surface area contributed by atoms with Crippen molar-refractivity contribution in [1.29, 1.82) is 0 Å². The van der Waals surface area contributed by atoms with Gasteiger partial charge in [0.25, 0.3) is 0 Å². The van der Waals surface area contributed by atoms with Crippen LogP contribution in [-0.2, 0) is 0 Å². The molecule has 0 saturated heterocycles. The molecule has 0 heterocycles. The number of nitrogens with zero attached hydrogens (tertiary/aromatic N) is 1. The summed E-state index contributed by atoms with van der Waals surface area (Å²) >= 11 is 0. The number of hydrogen-bond donors (Lipinski definition) is 0. The van der Waals surface area contributed by atoms with Crippen molar-refractivity contribution in [3.63, 3.8) is 0 Å². The molecule has 1 nitrogen and oxygen atoms in total. The van der Waals surface area contributed by atoms with E-state index < -0.39 is 0 Å². The van der Waals surface area contributed by atoms with Crippen LogP contribution in [0.15, 0.2) is 28.9 Å². The maximum absolute atomic E-state index is 3.80. The average molecular weight is 151 g/mol. The van der Waals surface area contributed by atoms with E-state index in [4.69, 9.17) is 0 Å². The van der Waals surface area contributed by atoms with E-state index in [1.54, 1.807) is 0 Å². The van der Waals surface area contributed by atoms with Crippen LogP contribution in [0.2, 0.25) is 0 Å². The molecule has 0 aromatic rings.